The topological polar surface area (TPSA) is 54.6 Å². The Hall–Kier alpha value is -1.84. The number of hydrogen-bond donors (Lipinski definition) is 1. The van der Waals surface area contributed by atoms with Crippen molar-refractivity contribution in [1.82, 2.24) is 9.38 Å². The monoisotopic (exact) mass is 232 g/mol. The Labute approximate surface area is 99.9 Å². The third kappa shape index (κ3) is 2.02. The highest BCUT2D eigenvalue weighted by Gasteiger charge is 2.17. The first-order chi connectivity index (χ1) is 8.00. The van der Waals surface area contributed by atoms with E-state index in [1.807, 2.05) is 43.5 Å². The fraction of sp³-hybridized carbons (Fsp3) is 0.385. The quantitative estimate of drug-likeness (QED) is 0.884. The van der Waals surface area contributed by atoms with E-state index in [0.717, 1.165) is 22.6 Å². The van der Waals surface area contributed by atoms with E-state index < -0.39 is 5.97 Å². The first-order valence-electron chi connectivity index (χ1n) is 5.69. The second-order valence-electron chi connectivity index (χ2n) is 4.55. The van der Waals surface area contributed by atoms with Crippen LogP contribution in [0, 0.1) is 6.92 Å². The smallest absolute Gasteiger partial charge is 0.309 e. The number of aryl methyl sites for hydroxylation is 1. The summed E-state index contributed by atoms with van der Waals surface area (Å²) in [6.45, 7) is 6.04. The van der Waals surface area contributed by atoms with Crippen LogP contribution < -0.4 is 0 Å². The molecule has 0 radical (unpaired) electrons. The zero-order chi connectivity index (χ0) is 12.6. The fourth-order valence-corrected chi connectivity index (χ4v) is 2.05. The van der Waals surface area contributed by atoms with Gasteiger partial charge in [0.05, 0.1) is 17.8 Å². The van der Waals surface area contributed by atoms with Crippen LogP contribution in [-0.4, -0.2) is 20.5 Å². The molecule has 0 amide bonds. The summed E-state index contributed by atoms with van der Waals surface area (Å²) in [4.78, 5) is 15.5. The number of hydrogen-bond acceptors (Lipinski definition) is 2. The predicted octanol–water partition coefficient (Wildman–Crippen LogP) is 2.39. The molecule has 0 saturated heterocycles. The molecule has 2 aromatic rings. The van der Waals surface area contributed by atoms with Crippen molar-refractivity contribution in [1.29, 1.82) is 0 Å². The number of carboxylic acids is 1. The average molecular weight is 232 g/mol. The van der Waals surface area contributed by atoms with Gasteiger partial charge in [0.2, 0.25) is 0 Å². The zero-order valence-corrected chi connectivity index (χ0v) is 10.3. The number of carboxylic acid groups (broad SMARTS) is 1. The molecule has 0 spiro atoms. The van der Waals surface area contributed by atoms with Crippen LogP contribution in [0.5, 0.6) is 0 Å². The van der Waals surface area contributed by atoms with E-state index in [1.165, 1.54) is 0 Å². The molecule has 17 heavy (non-hydrogen) atoms. The number of aromatic nitrogens is 2. The van der Waals surface area contributed by atoms with Gasteiger partial charge in [0, 0.05) is 6.20 Å². The number of pyridine rings is 1. The second-order valence-corrected chi connectivity index (χ2v) is 4.55. The van der Waals surface area contributed by atoms with Gasteiger partial charge in [-0.15, -0.1) is 0 Å². The van der Waals surface area contributed by atoms with Crippen molar-refractivity contribution in [2.45, 2.75) is 33.1 Å². The maximum atomic E-state index is 10.9. The van der Waals surface area contributed by atoms with Crippen molar-refractivity contribution in [3.05, 3.63) is 35.3 Å². The summed E-state index contributed by atoms with van der Waals surface area (Å²) in [6.07, 6.45) is 1.89. The molecule has 0 saturated carbocycles. The summed E-state index contributed by atoms with van der Waals surface area (Å²) >= 11 is 0. The van der Waals surface area contributed by atoms with Gasteiger partial charge in [0.25, 0.3) is 0 Å². The Morgan fingerprint density at radius 1 is 1.53 bits per heavy atom. The van der Waals surface area contributed by atoms with Gasteiger partial charge in [-0.25, -0.2) is 4.98 Å². The predicted molar refractivity (Wildman–Crippen MR) is 65.4 cm³/mol. The third-order valence-electron chi connectivity index (χ3n) is 2.84. The standard InChI is InChI=1S/C13H16N2O2/c1-8(2)12-10(7-11(16)17)15-6-4-5-9(3)13(15)14-12/h4-6,8H,7H2,1-3H3,(H,16,17). The number of carbonyl (C=O) groups is 1. The Bertz CT molecular complexity index is 570. The molecular formula is C13H16N2O2. The molecular weight excluding hydrogens is 216 g/mol. The lowest BCUT2D eigenvalue weighted by Crippen LogP contribution is -2.06. The minimum atomic E-state index is -0.824. The minimum absolute atomic E-state index is 0.0120. The van der Waals surface area contributed by atoms with Crippen LogP contribution in [0.3, 0.4) is 0 Å². The maximum Gasteiger partial charge on any atom is 0.309 e. The highest BCUT2D eigenvalue weighted by Crippen LogP contribution is 2.22. The van der Waals surface area contributed by atoms with Crippen molar-refractivity contribution in [3.63, 3.8) is 0 Å². The van der Waals surface area contributed by atoms with Crippen molar-refractivity contribution >= 4 is 11.6 Å². The Balaban J connectivity index is 2.71. The summed E-state index contributed by atoms with van der Waals surface area (Å²) in [5.74, 6) is -0.598. The van der Waals surface area contributed by atoms with Crippen molar-refractivity contribution < 1.29 is 9.90 Å². The van der Waals surface area contributed by atoms with E-state index in [-0.39, 0.29) is 12.3 Å². The molecule has 4 nitrogen and oxygen atoms in total. The number of imidazole rings is 1. The molecule has 90 valence electrons. The van der Waals surface area contributed by atoms with Crippen LogP contribution in [-0.2, 0) is 11.2 Å². The van der Waals surface area contributed by atoms with Crippen molar-refractivity contribution in [3.8, 4) is 0 Å². The van der Waals surface area contributed by atoms with E-state index in [1.54, 1.807) is 0 Å². The molecule has 0 fully saturated rings. The van der Waals surface area contributed by atoms with Crippen molar-refractivity contribution in [2.24, 2.45) is 0 Å². The van der Waals surface area contributed by atoms with Gasteiger partial charge < -0.3 is 9.51 Å². The molecule has 0 atom stereocenters. The molecule has 4 heteroatoms. The lowest BCUT2D eigenvalue weighted by atomic mass is 10.1. The van der Waals surface area contributed by atoms with Gasteiger partial charge >= 0.3 is 5.97 Å². The first-order valence-corrected chi connectivity index (χ1v) is 5.69. The number of fused-ring (bicyclic) bond motifs is 1. The number of aliphatic carboxylic acids is 1. The molecule has 2 aromatic heterocycles. The lowest BCUT2D eigenvalue weighted by molar-refractivity contribution is -0.136. The van der Waals surface area contributed by atoms with E-state index in [2.05, 4.69) is 4.98 Å². The normalized spacial score (nSPS) is 11.3. The highest BCUT2D eigenvalue weighted by atomic mass is 16.4. The van der Waals surface area contributed by atoms with Gasteiger partial charge in [-0.05, 0) is 24.5 Å². The largest absolute Gasteiger partial charge is 0.481 e. The van der Waals surface area contributed by atoms with Crippen molar-refractivity contribution in [2.75, 3.05) is 0 Å². The Morgan fingerprint density at radius 3 is 2.82 bits per heavy atom. The van der Waals surface area contributed by atoms with Crippen LogP contribution in [0.15, 0.2) is 18.3 Å². The second kappa shape index (κ2) is 4.20. The van der Waals surface area contributed by atoms with Crippen LogP contribution in [0.25, 0.3) is 5.65 Å². The van der Waals surface area contributed by atoms with Gasteiger partial charge in [-0.3, -0.25) is 4.79 Å². The van der Waals surface area contributed by atoms with Gasteiger partial charge in [-0.2, -0.15) is 0 Å². The Kier molecular flexibility index (Phi) is 2.88. The average Bonchev–Trinajstić information content (AvgIpc) is 2.58. The molecule has 2 heterocycles. The molecule has 0 unspecified atom stereocenters. The van der Waals surface area contributed by atoms with Crippen LogP contribution in [0.2, 0.25) is 0 Å². The minimum Gasteiger partial charge on any atom is -0.481 e. The molecule has 1 N–H and O–H groups in total. The summed E-state index contributed by atoms with van der Waals surface area (Å²) < 4.78 is 1.89. The summed E-state index contributed by atoms with van der Waals surface area (Å²) in [7, 11) is 0. The molecule has 0 aromatic carbocycles. The number of rotatable bonds is 3. The molecule has 0 aliphatic rings. The molecule has 0 aliphatic heterocycles. The van der Waals surface area contributed by atoms with E-state index in [0.29, 0.717) is 0 Å². The van der Waals surface area contributed by atoms with E-state index in [4.69, 9.17) is 5.11 Å². The zero-order valence-electron chi connectivity index (χ0n) is 10.3. The fourth-order valence-electron chi connectivity index (χ4n) is 2.05. The lowest BCUT2D eigenvalue weighted by Gasteiger charge is -2.04. The number of nitrogens with zero attached hydrogens (tertiary/aromatic N) is 2. The van der Waals surface area contributed by atoms with E-state index >= 15 is 0 Å². The molecule has 2 rings (SSSR count). The molecule has 0 aliphatic carbocycles. The molecule has 0 bridgehead atoms. The summed E-state index contributed by atoms with van der Waals surface area (Å²) in [5.41, 5.74) is 3.58. The van der Waals surface area contributed by atoms with Crippen LogP contribution in [0.4, 0.5) is 0 Å². The van der Waals surface area contributed by atoms with Gasteiger partial charge in [0.1, 0.15) is 5.65 Å². The van der Waals surface area contributed by atoms with Crippen LogP contribution >= 0.6 is 0 Å². The van der Waals surface area contributed by atoms with Gasteiger partial charge in [-0.1, -0.05) is 19.9 Å². The third-order valence-corrected chi connectivity index (χ3v) is 2.84. The summed E-state index contributed by atoms with van der Waals surface area (Å²) in [6, 6.07) is 3.90. The first kappa shape index (κ1) is 11.6. The highest BCUT2D eigenvalue weighted by molar-refractivity contribution is 5.71. The summed E-state index contributed by atoms with van der Waals surface area (Å²) in [5, 5.41) is 8.98. The van der Waals surface area contributed by atoms with Gasteiger partial charge in [0.15, 0.2) is 0 Å². The SMILES string of the molecule is Cc1cccn2c(CC(=O)O)c(C(C)C)nc12. The van der Waals surface area contributed by atoms with E-state index in [9.17, 15) is 4.79 Å². The Morgan fingerprint density at radius 2 is 2.24 bits per heavy atom. The van der Waals surface area contributed by atoms with Crippen LogP contribution in [0.1, 0.15) is 36.7 Å². The maximum absolute atomic E-state index is 10.9.